The highest BCUT2D eigenvalue weighted by Crippen LogP contribution is 2.16. The van der Waals surface area contributed by atoms with Crippen LogP contribution in [0.5, 0.6) is 0 Å². The van der Waals surface area contributed by atoms with Crippen molar-refractivity contribution in [2.75, 3.05) is 0 Å². The van der Waals surface area contributed by atoms with Crippen LogP contribution in [0.25, 0.3) is 0 Å². The Labute approximate surface area is 89.2 Å². The maximum Gasteiger partial charge on any atom is 0.270 e. The maximum absolute atomic E-state index is 11.4. The Balaban J connectivity index is 3.06. The van der Waals surface area contributed by atoms with Crippen LogP contribution < -0.4 is 0 Å². The van der Waals surface area contributed by atoms with Crippen LogP contribution in [0.4, 0.5) is 5.69 Å². The average Bonchev–Trinajstić information content (AvgIpc) is 2.16. The normalized spacial score (nSPS) is 12.1. The molecule has 0 spiro atoms. The minimum absolute atomic E-state index is 0.0657. The van der Waals surface area contributed by atoms with Gasteiger partial charge in [0, 0.05) is 17.7 Å². The first kappa shape index (κ1) is 10.8. The zero-order valence-electron chi connectivity index (χ0n) is 7.44. The van der Waals surface area contributed by atoms with Gasteiger partial charge in [-0.1, -0.05) is 28.1 Å². The molecule has 0 aliphatic heterocycles. The van der Waals surface area contributed by atoms with Crippen LogP contribution in [0, 0.1) is 10.1 Å². The highest BCUT2D eigenvalue weighted by molar-refractivity contribution is 9.10. The van der Waals surface area contributed by atoms with Crippen LogP contribution in [0.1, 0.15) is 17.3 Å². The maximum atomic E-state index is 11.4. The number of halogens is 1. The SMILES string of the molecule is CC(Br)C(=O)c1cccc([N+](=O)[O-])c1. The lowest BCUT2D eigenvalue weighted by atomic mass is 10.1. The molecule has 0 aromatic heterocycles. The Morgan fingerprint density at radius 1 is 1.57 bits per heavy atom. The van der Waals surface area contributed by atoms with E-state index in [1.54, 1.807) is 13.0 Å². The molecule has 5 heteroatoms. The van der Waals surface area contributed by atoms with Gasteiger partial charge in [0.1, 0.15) is 0 Å². The van der Waals surface area contributed by atoms with E-state index in [-0.39, 0.29) is 16.3 Å². The monoisotopic (exact) mass is 257 g/mol. The summed E-state index contributed by atoms with van der Waals surface area (Å²) in [5.41, 5.74) is 0.285. The summed E-state index contributed by atoms with van der Waals surface area (Å²) in [5.74, 6) is -0.159. The van der Waals surface area contributed by atoms with Crippen LogP contribution in [0.15, 0.2) is 24.3 Å². The number of nitrogens with zero attached hydrogens (tertiary/aromatic N) is 1. The van der Waals surface area contributed by atoms with Gasteiger partial charge in [0.05, 0.1) is 9.75 Å². The fourth-order valence-electron chi connectivity index (χ4n) is 1.00. The van der Waals surface area contributed by atoms with Gasteiger partial charge in [-0.2, -0.15) is 0 Å². The van der Waals surface area contributed by atoms with Gasteiger partial charge in [-0.05, 0) is 6.92 Å². The molecule has 1 aromatic rings. The molecule has 0 bridgehead atoms. The molecule has 1 rings (SSSR count). The van der Waals surface area contributed by atoms with E-state index in [9.17, 15) is 14.9 Å². The summed E-state index contributed by atoms with van der Waals surface area (Å²) in [5, 5.41) is 10.4. The molecule has 0 N–H and O–H groups in total. The second kappa shape index (κ2) is 4.32. The molecule has 0 heterocycles. The largest absolute Gasteiger partial charge is 0.293 e. The average molecular weight is 258 g/mol. The molecule has 1 atom stereocenters. The Kier molecular flexibility index (Phi) is 3.35. The van der Waals surface area contributed by atoms with Gasteiger partial charge in [-0.15, -0.1) is 0 Å². The van der Waals surface area contributed by atoms with E-state index in [2.05, 4.69) is 15.9 Å². The first-order valence-electron chi connectivity index (χ1n) is 3.95. The molecule has 0 amide bonds. The third-order valence-corrected chi connectivity index (χ3v) is 2.12. The number of alkyl halides is 1. The summed E-state index contributed by atoms with van der Waals surface area (Å²) in [7, 11) is 0. The summed E-state index contributed by atoms with van der Waals surface area (Å²) in [6.07, 6.45) is 0. The number of hydrogen-bond acceptors (Lipinski definition) is 3. The summed E-state index contributed by atoms with van der Waals surface area (Å²) in [6, 6.07) is 5.70. The number of nitro groups is 1. The highest BCUT2D eigenvalue weighted by atomic mass is 79.9. The van der Waals surface area contributed by atoms with Crippen LogP contribution in [0.3, 0.4) is 0 Å². The van der Waals surface area contributed by atoms with Crippen molar-refractivity contribution in [3.05, 3.63) is 39.9 Å². The summed E-state index contributed by atoms with van der Waals surface area (Å²) in [6.45, 7) is 1.68. The molecule has 0 radical (unpaired) electrons. The first-order chi connectivity index (χ1) is 6.52. The van der Waals surface area contributed by atoms with Gasteiger partial charge in [0.25, 0.3) is 5.69 Å². The van der Waals surface area contributed by atoms with Crippen LogP contribution >= 0.6 is 15.9 Å². The quantitative estimate of drug-likeness (QED) is 0.362. The third kappa shape index (κ3) is 2.38. The standard InChI is InChI=1S/C9H8BrNO3/c1-6(10)9(12)7-3-2-4-8(5-7)11(13)14/h2-6H,1H3. The number of rotatable bonds is 3. The minimum atomic E-state index is -0.518. The van der Waals surface area contributed by atoms with Crippen molar-refractivity contribution in [2.24, 2.45) is 0 Å². The number of ketones is 1. The van der Waals surface area contributed by atoms with E-state index in [0.717, 1.165) is 0 Å². The fraction of sp³-hybridized carbons (Fsp3) is 0.222. The number of carbonyl (C=O) groups is 1. The Bertz CT molecular complexity index is 376. The zero-order valence-corrected chi connectivity index (χ0v) is 9.02. The van der Waals surface area contributed by atoms with Crippen molar-refractivity contribution >= 4 is 27.4 Å². The lowest BCUT2D eigenvalue weighted by molar-refractivity contribution is -0.384. The zero-order chi connectivity index (χ0) is 10.7. The second-order valence-electron chi connectivity index (χ2n) is 2.79. The van der Waals surface area contributed by atoms with E-state index < -0.39 is 4.92 Å². The minimum Gasteiger partial charge on any atom is -0.293 e. The molecule has 1 unspecified atom stereocenters. The van der Waals surface area contributed by atoms with Crippen LogP contribution in [0.2, 0.25) is 0 Å². The molecule has 0 aliphatic rings. The number of hydrogen-bond donors (Lipinski definition) is 0. The van der Waals surface area contributed by atoms with Gasteiger partial charge >= 0.3 is 0 Å². The molecule has 14 heavy (non-hydrogen) atoms. The van der Waals surface area contributed by atoms with Gasteiger partial charge in [0.2, 0.25) is 0 Å². The van der Waals surface area contributed by atoms with E-state index in [1.165, 1.54) is 18.2 Å². The molecule has 0 saturated carbocycles. The number of non-ortho nitro benzene ring substituents is 1. The molecule has 0 saturated heterocycles. The Hall–Kier alpha value is -1.23. The number of Topliss-reactive ketones (excluding diaryl/α,β-unsaturated/α-hetero) is 1. The molecular formula is C9H8BrNO3. The molecule has 74 valence electrons. The topological polar surface area (TPSA) is 60.2 Å². The van der Waals surface area contributed by atoms with Crippen molar-refractivity contribution < 1.29 is 9.72 Å². The number of nitro benzene ring substituents is 1. The molecule has 0 aliphatic carbocycles. The predicted octanol–water partition coefficient (Wildman–Crippen LogP) is 2.56. The van der Waals surface area contributed by atoms with Crippen molar-refractivity contribution in [3.63, 3.8) is 0 Å². The first-order valence-corrected chi connectivity index (χ1v) is 4.86. The highest BCUT2D eigenvalue weighted by Gasteiger charge is 2.14. The fourth-order valence-corrected chi connectivity index (χ4v) is 1.27. The van der Waals surface area contributed by atoms with Crippen molar-refractivity contribution in [1.82, 2.24) is 0 Å². The molecule has 4 nitrogen and oxygen atoms in total. The predicted molar refractivity (Wildman–Crippen MR) is 55.8 cm³/mol. The molecule has 1 aromatic carbocycles. The van der Waals surface area contributed by atoms with Gasteiger partial charge < -0.3 is 0 Å². The number of carbonyl (C=O) groups excluding carboxylic acids is 1. The van der Waals surface area contributed by atoms with Gasteiger partial charge in [-0.3, -0.25) is 14.9 Å². The Morgan fingerprint density at radius 2 is 2.21 bits per heavy atom. The second-order valence-corrected chi connectivity index (χ2v) is 4.16. The summed E-state index contributed by atoms with van der Waals surface area (Å²) in [4.78, 5) is 21.0. The molecule has 0 fully saturated rings. The Morgan fingerprint density at radius 3 is 2.71 bits per heavy atom. The van der Waals surface area contributed by atoms with Crippen molar-refractivity contribution in [1.29, 1.82) is 0 Å². The molecular weight excluding hydrogens is 250 g/mol. The van der Waals surface area contributed by atoms with E-state index in [0.29, 0.717) is 5.56 Å². The third-order valence-electron chi connectivity index (χ3n) is 1.70. The van der Waals surface area contributed by atoms with E-state index >= 15 is 0 Å². The van der Waals surface area contributed by atoms with E-state index in [1.807, 2.05) is 0 Å². The summed E-state index contributed by atoms with van der Waals surface area (Å²) < 4.78 is 0. The van der Waals surface area contributed by atoms with Crippen molar-refractivity contribution in [3.8, 4) is 0 Å². The van der Waals surface area contributed by atoms with Gasteiger partial charge in [0.15, 0.2) is 5.78 Å². The van der Waals surface area contributed by atoms with Crippen LogP contribution in [-0.4, -0.2) is 15.5 Å². The van der Waals surface area contributed by atoms with E-state index in [4.69, 9.17) is 0 Å². The number of benzene rings is 1. The summed E-state index contributed by atoms with van der Waals surface area (Å²) >= 11 is 3.12. The van der Waals surface area contributed by atoms with Crippen molar-refractivity contribution in [2.45, 2.75) is 11.8 Å². The lowest BCUT2D eigenvalue weighted by Crippen LogP contribution is -2.09. The smallest absolute Gasteiger partial charge is 0.270 e. The lowest BCUT2D eigenvalue weighted by Gasteiger charge is -2.01. The van der Waals surface area contributed by atoms with Crippen LogP contribution in [-0.2, 0) is 0 Å². The van der Waals surface area contributed by atoms with Gasteiger partial charge in [-0.25, -0.2) is 0 Å².